The van der Waals surface area contributed by atoms with Crippen molar-refractivity contribution >= 4 is 17.3 Å². The zero-order chi connectivity index (χ0) is 15.2. The Morgan fingerprint density at radius 2 is 1.95 bits per heavy atom. The van der Waals surface area contributed by atoms with Crippen molar-refractivity contribution in [2.45, 2.75) is 6.61 Å². The maximum absolute atomic E-state index is 5.40. The number of ether oxygens (including phenoxy) is 2. The highest BCUT2D eigenvalue weighted by Crippen LogP contribution is 2.31. The molecule has 0 aliphatic rings. The molecule has 0 atom stereocenters. The maximum atomic E-state index is 5.40. The zero-order valence-corrected chi connectivity index (χ0v) is 12.8. The minimum atomic E-state index is 0.363. The van der Waals surface area contributed by atoms with Crippen LogP contribution in [0.25, 0.3) is 0 Å². The van der Waals surface area contributed by atoms with Gasteiger partial charge in [0.25, 0.3) is 0 Å². The Morgan fingerprint density at radius 3 is 2.62 bits per heavy atom. The average Bonchev–Trinajstić information content (AvgIpc) is 2.54. The van der Waals surface area contributed by atoms with Crippen LogP contribution in [-0.4, -0.2) is 38.3 Å². The fourth-order valence-corrected chi connectivity index (χ4v) is 2.01. The lowest BCUT2D eigenvalue weighted by atomic mass is 10.2. The summed E-state index contributed by atoms with van der Waals surface area (Å²) in [6.07, 6.45) is 0. The van der Waals surface area contributed by atoms with Crippen LogP contribution in [0.3, 0.4) is 0 Å². The summed E-state index contributed by atoms with van der Waals surface area (Å²) in [5.41, 5.74) is 0.934. The second kappa shape index (κ2) is 6.90. The van der Waals surface area contributed by atoms with E-state index in [2.05, 4.69) is 15.3 Å². The van der Waals surface area contributed by atoms with Crippen molar-refractivity contribution in [3.05, 3.63) is 36.2 Å². The molecule has 112 valence electrons. The summed E-state index contributed by atoms with van der Waals surface area (Å²) in [6.45, 7) is 0.363. The van der Waals surface area contributed by atoms with E-state index in [0.717, 1.165) is 23.1 Å². The van der Waals surface area contributed by atoms with Crippen molar-refractivity contribution in [1.82, 2.24) is 9.97 Å². The van der Waals surface area contributed by atoms with E-state index in [9.17, 15) is 0 Å². The fraction of sp³-hybridized carbons (Fsp3) is 0.333. The topological polar surface area (TPSA) is 59.5 Å². The molecule has 0 aliphatic heterocycles. The summed E-state index contributed by atoms with van der Waals surface area (Å²) < 4.78 is 10.5. The molecule has 2 aromatic rings. The Bertz CT molecular complexity index is 604. The molecular formula is C15H20N4O2. The minimum Gasteiger partial charge on any atom is -0.495 e. The highest BCUT2D eigenvalue weighted by Gasteiger charge is 2.13. The Morgan fingerprint density at radius 1 is 1.19 bits per heavy atom. The lowest BCUT2D eigenvalue weighted by Crippen LogP contribution is -2.15. The molecule has 2 rings (SSSR count). The fourth-order valence-electron chi connectivity index (χ4n) is 2.01. The van der Waals surface area contributed by atoms with Gasteiger partial charge in [-0.15, -0.1) is 0 Å². The Labute approximate surface area is 124 Å². The van der Waals surface area contributed by atoms with Crippen molar-refractivity contribution in [3.63, 3.8) is 0 Å². The molecule has 1 aromatic heterocycles. The van der Waals surface area contributed by atoms with Gasteiger partial charge in [0.2, 0.25) is 0 Å². The number of para-hydroxylation sites is 2. The third kappa shape index (κ3) is 3.41. The first-order chi connectivity index (χ1) is 10.2. The highest BCUT2D eigenvalue weighted by molar-refractivity contribution is 5.67. The standard InChI is InChI=1S/C15H20N4O2/c1-16-13-9-15(18-14(17-13)10-20-3)19(2)11-7-5-6-8-12(11)21-4/h5-9H,10H2,1-4H3,(H,16,17,18). The van der Waals surface area contributed by atoms with Crippen LogP contribution in [0.4, 0.5) is 17.3 Å². The molecule has 0 radical (unpaired) electrons. The van der Waals surface area contributed by atoms with Crippen LogP contribution in [-0.2, 0) is 11.3 Å². The largest absolute Gasteiger partial charge is 0.495 e. The van der Waals surface area contributed by atoms with Gasteiger partial charge in [-0.1, -0.05) is 12.1 Å². The molecule has 1 aromatic carbocycles. The summed E-state index contributed by atoms with van der Waals surface area (Å²) in [5.74, 6) is 2.93. The molecular weight excluding hydrogens is 268 g/mol. The Kier molecular flexibility index (Phi) is 4.94. The predicted octanol–water partition coefficient (Wildman–Crippen LogP) is 2.44. The van der Waals surface area contributed by atoms with E-state index in [1.54, 1.807) is 14.2 Å². The van der Waals surface area contributed by atoms with E-state index in [-0.39, 0.29) is 0 Å². The van der Waals surface area contributed by atoms with Crippen LogP contribution in [0.1, 0.15) is 5.82 Å². The first kappa shape index (κ1) is 15.1. The summed E-state index contributed by atoms with van der Waals surface area (Å²) >= 11 is 0. The quantitative estimate of drug-likeness (QED) is 0.881. The molecule has 0 aliphatic carbocycles. The number of hydrogen-bond acceptors (Lipinski definition) is 6. The van der Waals surface area contributed by atoms with E-state index >= 15 is 0 Å². The van der Waals surface area contributed by atoms with Gasteiger partial charge in [-0.25, -0.2) is 9.97 Å². The normalized spacial score (nSPS) is 10.3. The van der Waals surface area contributed by atoms with Gasteiger partial charge < -0.3 is 19.7 Å². The van der Waals surface area contributed by atoms with Crippen LogP contribution in [0.5, 0.6) is 5.75 Å². The number of aromatic nitrogens is 2. The predicted molar refractivity (Wildman–Crippen MR) is 83.3 cm³/mol. The third-order valence-corrected chi connectivity index (χ3v) is 3.08. The van der Waals surface area contributed by atoms with Gasteiger partial charge in [0.1, 0.15) is 24.0 Å². The third-order valence-electron chi connectivity index (χ3n) is 3.08. The number of hydrogen-bond donors (Lipinski definition) is 1. The SMILES string of the molecule is CNc1cc(N(C)c2ccccc2OC)nc(COC)n1. The molecule has 1 heterocycles. The molecule has 0 saturated carbocycles. The molecule has 1 N–H and O–H groups in total. The second-order valence-corrected chi connectivity index (χ2v) is 4.44. The monoisotopic (exact) mass is 288 g/mol. The van der Waals surface area contributed by atoms with Gasteiger partial charge >= 0.3 is 0 Å². The van der Waals surface area contributed by atoms with Crippen molar-refractivity contribution in [2.24, 2.45) is 0 Å². The van der Waals surface area contributed by atoms with Crippen LogP contribution < -0.4 is 15.0 Å². The number of anilines is 3. The van der Waals surface area contributed by atoms with Gasteiger partial charge in [-0.05, 0) is 12.1 Å². The van der Waals surface area contributed by atoms with Gasteiger partial charge in [-0.3, -0.25) is 0 Å². The molecule has 21 heavy (non-hydrogen) atoms. The van der Waals surface area contributed by atoms with Gasteiger partial charge in [-0.2, -0.15) is 0 Å². The summed E-state index contributed by atoms with van der Waals surface area (Å²) in [5, 5.41) is 3.04. The molecule has 6 heteroatoms. The molecule has 0 amide bonds. The first-order valence-electron chi connectivity index (χ1n) is 6.61. The van der Waals surface area contributed by atoms with E-state index in [0.29, 0.717) is 12.4 Å². The average molecular weight is 288 g/mol. The van der Waals surface area contributed by atoms with E-state index < -0.39 is 0 Å². The second-order valence-electron chi connectivity index (χ2n) is 4.44. The molecule has 0 fully saturated rings. The van der Waals surface area contributed by atoms with E-state index in [4.69, 9.17) is 9.47 Å². The van der Waals surface area contributed by atoms with Gasteiger partial charge in [0, 0.05) is 27.3 Å². The van der Waals surface area contributed by atoms with Crippen molar-refractivity contribution in [2.75, 3.05) is 38.5 Å². The van der Waals surface area contributed by atoms with Crippen LogP contribution >= 0.6 is 0 Å². The minimum absolute atomic E-state index is 0.363. The summed E-state index contributed by atoms with van der Waals surface area (Å²) in [4.78, 5) is 10.8. The van der Waals surface area contributed by atoms with E-state index in [1.807, 2.05) is 49.3 Å². The maximum Gasteiger partial charge on any atom is 0.158 e. The van der Waals surface area contributed by atoms with Crippen LogP contribution in [0.15, 0.2) is 30.3 Å². The molecule has 0 bridgehead atoms. The number of nitrogens with zero attached hydrogens (tertiary/aromatic N) is 3. The zero-order valence-electron chi connectivity index (χ0n) is 12.8. The van der Waals surface area contributed by atoms with Gasteiger partial charge in [0.05, 0.1) is 12.8 Å². The van der Waals surface area contributed by atoms with Crippen molar-refractivity contribution < 1.29 is 9.47 Å². The number of rotatable bonds is 6. The number of benzene rings is 1. The molecule has 6 nitrogen and oxygen atoms in total. The smallest absolute Gasteiger partial charge is 0.158 e. The Balaban J connectivity index is 2.42. The summed E-state index contributed by atoms with van der Waals surface area (Å²) in [7, 11) is 7.04. The van der Waals surface area contributed by atoms with Crippen molar-refractivity contribution in [3.8, 4) is 5.75 Å². The van der Waals surface area contributed by atoms with Crippen molar-refractivity contribution in [1.29, 1.82) is 0 Å². The van der Waals surface area contributed by atoms with E-state index in [1.165, 1.54) is 0 Å². The lowest BCUT2D eigenvalue weighted by molar-refractivity contribution is 0.178. The lowest BCUT2D eigenvalue weighted by Gasteiger charge is -2.21. The molecule has 0 spiro atoms. The number of methoxy groups -OCH3 is 2. The van der Waals surface area contributed by atoms with Crippen LogP contribution in [0.2, 0.25) is 0 Å². The molecule has 0 saturated heterocycles. The van der Waals surface area contributed by atoms with Gasteiger partial charge in [0.15, 0.2) is 5.82 Å². The first-order valence-corrected chi connectivity index (χ1v) is 6.61. The number of nitrogens with one attached hydrogen (secondary N) is 1. The Hall–Kier alpha value is -2.34. The highest BCUT2D eigenvalue weighted by atomic mass is 16.5. The summed E-state index contributed by atoms with van der Waals surface area (Å²) in [6, 6.07) is 9.68. The molecule has 0 unspecified atom stereocenters. The van der Waals surface area contributed by atoms with Crippen LogP contribution in [0, 0.1) is 0 Å².